The Hall–Kier alpha value is 0.991. The van der Waals surface area contributed by atoms with Crippen molar-refractivity contribution in [2.45, 2.75) is 0 Å². The van der Waals surface area contributed by atoms with Gasteiger partial charge in [-0.1, -0.05) is 0 Å². The van der Waals surface area contributed by atoms with Gasteiger partial charge in [0.1, 0.15) is 0 Å². The first-order valence-corrected chi connectivity index (χ1v) is 2.96. The molecule has 0 spiro atoms. The topological polar surface area (TPSA) is 106 Å². The molecule has 0 rings (SSSR count). The van der Waals surface area contributed by atoms with Crippen LogP contribution in [0.25, 0.3) is 0 Å². The van der Waals surface area contributed by atoms with Gasteiger partial charge in [0.25, 0.3) is 0 Å². The quantitative estimate of drug-likeness (QED) is 0.370. The second-order valence-electron chi connectivity index (χ2n) is 0.211. The first kappa shape index (κ1) is 23.0. The molecule has 0 saturated carbocycles. The Kier molecular flexibility index (Phi) is 126. The summed E-state index contributed by atoms with van der Waals surface area (Å²) >= 11 is -3.00. The zero-order valence-corrected chi connectivity index (χ0v) is 7.80. The summed E-state index contributed by atoms with van der Waals surface area (Å²) in [6.07, 6.45) is 0. The van der Waals surface area contributed by atoms with Crippen molar-refractivity contribution in [1.29, 1.82) is 0 Å². The van der Waals surface area contributed by atoms with Gasteiger partial charge in [-0.15, -0.1) is 0 Å². The molecule has 0 atom stereocenters. The summed E-state index contributed by atoms with van der Waals surface area (Å²) < 4.78 is 31.3. The van der Waals surface area contributed by atoms with Crippen molar-refractivity contribution in [1.82, 2.24) is 0 Å². The van der Waals surface area contributed by atoms with Gasteiger partial charge >= 0.3 is 70.0 Å². The minimum atomic E-state index is -1.50. The zero-order valence-electron chi connectivity index (χ0n) is 6.07. The van der Waals surface area contributed by atoms with E-state index in [4.69, 9.17) is 15.9 Å². The van der Waals surface area contributed by atoms with Crippen LogP contribution in [0.2, 0.25) is 0 Å². The molecular formula is H6Al2MgO5. The van der Waals surface area contributed by atoms with Gasteiger partial charge in [0.2, 0.25) is 0 Å². The van der Waals surface area contributed by atoms with Crippen LogP contribution in [-0.4, -0.2) is 67.8 Å². The molecule has 0 aromatic rings. The van der Waals surface area contributed by atoms with Crippen LogP contribution in [0.15, 0.2) is 0 Å². The Balaban J connectivity index is -0.00000000571. The van der Waals surface area contributed by atoms with Crippen LogP contribution in [0.5, 0.6) is 0 Å². The van der Waals surface area contributed by atoms with E-state index in [0.717, 1.165) is 0 Å². The van der Waals surface area contributed by atoms with Gasteiger partial charge in [-0.05, 0) is 0 Å². The Morgan fingerprint density at radius 2 is 1.12 bits per heavy atom. The number of rotatable bonds is 0. The minimum absolute atomic E-state index is 0. The fraction of sp³-hybridized carbons (Fsp3) is 0. The van der Waals surface area contributed by atoms with Gasteiger partial charge in [-0.2, -0.15) is 0 Å². The van der Waals surface area contributed by atoms with E-state index in [1.165, 1.54) is 0 Å². The van der Waals surface area contributed by atoms with Crippen LogP contribution in [0.4, 0.5) is 0 Å². The summed E-state index contributed by atoms with van der Waals surface area (Å²) in [4.78, 5) is 0. The average molecular weight is 164 g/mol. The third-order valence-corrected chi connectivity index (χ3v) is 0. The molecule has 4 N–H and O–H groups in total. The summed E-state index contributed by atoms with van der Waals surface area (Å²) in [7, 11) is 0. The normalized spacial score (nSPS) is 2.00. The van der Waals surface area contributed by atoms with E-state index in [-0.39, 0.29) is 31.4 Å². The summed E-state index contributed by atoms with van der Waals surface area (Å²) in [6.45, 7) is 0. The van der Waals surface area contributed by atoms with Crippen molar-refractivity contribution in [3.8, 4) is 0 Å². The van der Waals surface area contributed by atoms with E-state index < -0.39 is 31.0 Å². The van der Waals surface area contributed by atoms with Crippen molar-refractivity contribution in [3.05, 3.63) is 0 Å². The Labute approximate surface area is 78.0 Å². The monoisotopic (exact) mass is 164 g/mol. The first-order valence-electron chi connectivity index (χ1n) is 0.988. The standard InChI is InChI=1S/2Al.Mg.3H2O.2O.2H/h;;;3*1H2;;;;/q2*+1;+2;;;;;;2*-1/p-2. The van der Waals surface area contributed by atoms with Gasteiger partial charge in [0.05, 0.1) is 0 Å². The maximum absolute atomic E-state index is 8.57. The second-order valence-corrected chi connectivity index (χ2v) is 0.632. The second kappa shape index (κ2) is 43.7. The molecule has 0 saturated heterocycles. The molecular weight excluding hydrogens is 158 g/mol. The Morgan fingerprint density at radius 1 is 1.12 bits per heavy atom. The molecule has 0 radical (unpaired) electrons. The van der Waals surface area contributed by atoms with Crippen LogP contribution < -0.4 is 0 Å². The molecule has 8 heavy (non-hydrogen) atoms. The van der Waals surface area contributed by atoms with Crippen LogP contribution in [0.3, 0.4) is 0 Å². The molecule has 0 aliphatic rings. The first-order chi connectivity index (χ1) is 2.83. The Morgan fingerprint density at radius 3 is 1.12 bits per heavy atom. The molecule has 0 aliphatic heterocycles. The fourth-order valence-electron chi connectivity index (χ4n) is 0. The van der Waals surface area contributed by atoms with Crippen LogP contribution in [0, 0.1) is 0 Å². The molecule has 8 heteroatoms. The van der Waals surface area contributed by atoms with Crippen molar-refractivity contribution in [3.63, 3.8) is 0 Å². The Bertz CT molecular complexity index is 38.6. The number of hydrogen-bond donors (Lipinski definition) is 2. The molecule has 5 nitrogen and oxygen atoms in total. The van der Waals surface area contributed by atoms with Gasteiger partial charge < -0.3 is 8.33 Å². The summed E-state index contributed by atoms with van der Waals surface area (Å²) in [6, 6.07) is 0. The van der Waals surface area contributed by atoms with Crippen molar-refractivity contribution >= 4 is 54.0 Å². The molecule has 0 bridgehead atoms. The third kappa shape index (κ3) is 255. The molecule has 0 aromatic carbocycles. The van der Waals surface area contributed by atoms with Crippen molar-refractivity contribution in [2.24, 2.45) is 0 Å². The molecule has 0 aliphatic carbocycles. The van der Waals surface area contributed by atoms with Gasteiger partial charge in [-0.3, -0.25) is 0 Å². The predicted molar refractivity (Wildman–Crippen MR) is 28.9 cm³/mol. The molecule has 0 fully saturated rings. The van der Waals surface area contributed by atoms with Crippen molar-refractivity contribution in [2.75, 3.05) is 0 Å². The maximum atomic E-state index is 8.57. The van der Waals surface area contributed by atoms with Crippen LogP contribution >= 0.6 is 0 Å². The van der Waals surface area contributed by atoms with Gasteiger partial charge in [-0.25, -0.2) is 0 Å². The van der Waals surface area contributed by atoms with Crippen LogP contribution in [-0.2, 0) is 7.61 Å². The van der Waals surface area contributed by atoms with E-state index in [1.807, 2.05) is 0 Å². The fourth-order valence-corrected chi connectivity index (χ4v) is 0. The van der Waals surface area contributed by atoms with E-state index in [2.05, 4.69) is 0 Å². The van der Waals surface area contributed by atoms with Crippen LogP contribution in [0.1, 0.15) is 2.85 Å². The average Bonchev–Trinajstić information content (AvgIpc) is 1.39. The van der Waals surface area contributed by atoms with Gasteiger partial charge in [0, 0.05) is 0 Å². The summed E-state index contributed by atoms with van der Waals surface area (Å²) in [5.74, 6) is 0. The number of hydrogen-bond acceptors (Lipinski definition) is 2. The molecule has 0 aromatic heterocycles. The molecule has 0 heterocycles. The summed E-state index contributed by atoms with van der Waals surface area (Å²) in [5.41, 5.74) is 0. The van der Waals surface area contributed by atoms with E-state index in [1.54, 1.807) is 0 Å². The van der Waals surface area contributed by atoms with E-state index >= 15 is 0 Å². The van der Waals surface area contributed by atoms with E-state index in [9.17, 15) is 0 Å². The van der Waals surface area contributed by atoms with Crippen molar-refractivity contribution < 1.29 is 24.3 Å². The van der Waals surface area contributed by atoms with Gasteiger partial charge in [0.15, 0.2) is 0 Å². The molecule has 0 amide bonds. The third-order valence-electron chi connectivity index (χ3n) is 0. The zero-order chi connectivity index (χ0) is 5.41. The molecule has 44 valence electrons. The predicted octanol–water partition coefficient (Wildman–Crippen LogP) is -3.09. The SMILES string of the molecule is O.[H-].[H-].[Mg+2].[O]=[Al][OH].[O]=[Al][OH]. The summed E-state index contributed by atoms with van der Waals surface area (Å²) in [5, 5.41) is 0. The van der Waals surface area contributed by atoms with E-state index in [0.29, 0.717) is 0 Å². The molecule has 0 unspecified atom stereocenters.